The van der Waals surface area contributed by atoms with Gasteiger partial charge in [-0.25, -0.2) is 0 Å². The predicted molar refractivity (Wildman–Crippen MR) is 68.6 cm³/mol. The second-order valence-corrected chi connectivity index (χ2v) is 4.43. The Morgan fingerprint density at radius 1 is 1.50 bits per heavy atom. The minimum absolute atomic E-state index is 0.0485. The Balaban J connectivity index is 2.34. The molecular formula is C13H16N2O3. The van der Waals surface area contributed by atoms with E-state index in [9.17, 15) is 9.59 Å². The fraction of sp³-hybridized carbons (Fsp3) is 0.385. The number of carbonyl (C=O) groups is 2. The highest BCUT2D eigenvalue weighted by molar-refractivity contribution is 6.00. The fourth-order valence-corrected chi connectivity index (χ4v) is 1.92. The van der Waals surface area contributed by atoms with Crippen LogP contribution >= 0.6 is 0 Å². The molecule has 1 aliphatic rings. The van der Waals surface area contributed by atoms with E-state index < -0.39 is 6.10 Å². The Bertz CT molecular complexity index is 499. The molecule has 5 heteroatoms. The zero-order valence-electron chi connectivity index (χ0n) is 10.5. The summed E-state index contributed by atoms with van der Waals surface area (Å²) in [5.41, 5.74) is 6.92. The molecule has 5 nitrogen and oxygen atoms in total. The van der Waals surface area contributed by atoms with Crippen LogP contribution in [-0.2, 0) is 9.59 Å². The predicted octanol–water partition coefficient (Wildman–Crippen LogP) is 1.36. The number of ether oxygens (including phenoxy) is 1. The molecule has 0 radical (unpaired) electrons. The number of nitrogen functional groups attached to an aromatic ring is 1. The van der Waals surface area contributed by atoms with Crippen molar-refractivity contribution in [3.05, 3.63) is 18.2 Å². The van der Waals surface area contributed by atoms with Crippen LogP contribution in [0, 0.1) is 0 Å². The summed E-state index contributed by atoms with van der Waals surface area (Å²) in [6.07, 6.45) is -0.208. The van der Waals surface area contributed by atoms with Gasteiger partial charge in [0, 0.05) is 18.7 Å². The number of nitrogens with zero attached hydrogens (tertiary/aromatic N) is 1. The van der Waals surface area contributed by atoms with Crippen LogP contribution < -0.4 is 15.4 Å². The van der Waals surface area contributed by atoms with Crippen molar-refractivity contribution >= 4 is 23.1 Å². The van der Waals surface area contributed by atoms with Crippen LogP contribution in [0.5, 0.6) is 5.75 Å². The summed E-state index contributed by atoms with van der Waals surface area (Å²) in [6, 6.07) is 5.16. The molecule has 2 rings (SSSR count). The lowest BCUT2D eigenvalue weighted by Gasteiger charge is -2.33. The van der Waals surface area contributed by atoms with Crippen molar-refractivity contribution in [1.82, 2.24) is 0 Å². The van der Waals surface area contributed by atoms with Crippen molar-refractivity contribution in [2.45, 2.75) is 26.4 Å². The SMILES string of the molecule is CC(=O)CCN1C(=O)C(C)Oc2ccc(N)cc21. The van der Waals surface area contributed by atoms with Gasteiger partial charge in [0.25, 0.3) is 5.91 Å². The second kappa shape index (κ2) is 4.68. The van der Waals surface area contributed by atoms with Gasteiger partial charge >= 0.3 is 0 Å². The van der Waals surface area contributed by atoms with Gasteiger partial charge in [-0.2, -0.15) is 0 Å². The van der Waals surface area contributed by atoms with E-state index in [1.54, 1.807) is 30.0 Å². The van der Waals surface area contributed by atoms with E-state index in [0.717, 1.165) is 0 Å². The highest BCUT2D eigenvalue weighted by atomic mass is 16.5. The Kier molecular flexibility index (Phi) is 3.23. The molecule has 1 unspecified atom stereocenters. The first-order valence-electron chi connectivity index (χ1n) is 5.86. The summed E-state index contributed by atoms with van der Waals surface area (Å²) in [5, 5.41) is 0. The molecule has 0 aliphatic carbocycles. The molecule has 96 valence electrons. The van der Waals surface area contributed by atoms with Gasteiger partial charge in [-0.3, -0.25) is 9.59 Å². The summed E-state index contributed by atoms with van der Waals surface area (Å²) in [7, 11) is 0. The third-order valence-electron chi connectivity index (χ3n) is 2.88. The molecule has 1 aliphatic heterocycles. The molecule has 0 bridgehead atoms. The molecule has 1 aromatic rings. The number of nitrogens with two attached hydrogens (primary N) is 1. The molecule has 18 heavy (non-hydrogen) atoms. The van der Waals surface area contributed by atoms with Crippen LogP contribution in [0.1, 0.15) is 20.3 Å². The summed E-state index contributed by atoms with van der Waals surface area (Å²) in [4.78, 5) is 24.7. The van der Waals surface area contributed by atoms with Gasteiger partial charge in [-0.05, 0) is 32.0 Å². The van der Waals surface area contributed by atoms with Crippen molar-refractivity contribution in [2.75, 3.05) is 17.2 Å². The largest absolute Gasteiger partial charge is 0.479 e. The number of hydrogen-bond acceptors (Lipinski definition) is 4. The minimum Gasteiger partial charge on any atom is -0.479 e. The van der Waals surface area contributed by atoms with E-state index in [1.807, 2.05) is 0 Å². The number of amides is 1. The maximum absolute atomic E-state index is 12.1. The number of ketones is 1. The topological polar surface area (TPSA) is 72.6 Å². The first-order chi connectivity index (χ1) is 8.49. The van der Waals surface area contributed by atoms with Gasteiger partial charge in [0.05, 0.1) is 5.69 Å². The van der Waals surface area contributed by atoms with Crippen molar-refractivity contribution < 1.29 is 14.3 Å². The molecule has 1 atom stereocenters. The van der Waals surface area contributed by atoms with Gasteiger partial charge < -0.3 is 15.4 Å². The molecule has 1 amide bonds. The number of Topliss-reactive ketones (excluding diaryl/α,β-unsaturated/α-hetero) is 1. The van der Waals surface area contributed by atoms with E-state index in [4.69, 9.17) is 10.5 Å². The first kappa shape index (κ1) is 12.4. The third kappa shape index (κ3) is 2.30. The summed E-state index contributed by atoms with van der Waals surface area (Å²) in [6.45, 7) is 3.56. The van der Waals surface area contributed by atoms with Gasteiger partial charge in [0.15, 0.2) is 6.10 Å². The number of hydrogen-bond donors (Lipinski definition) is 1. The second-order valence-electron chi connectivity index (χ2n) is 4.43. The van der Waals surface area contributed by atoms with Gasteiger partial charge in [-0.1, -0.05) is 0 Å². The molecule has 1 heterocycles. The highest BCUT2D eigenvalue weighted by Gasteiger charge is 2.31. The number of rotatable bonds is 3. The van der Waals surface area contributed by atoms with E-state index in [1.165, 1.54) is 6.92 Å². The minimum atomic E-state index is -0.534. The van der Waals surface area contributed by atoms with Crippen molar-refractivity contribution in [3.63, 3.8) is 0 Å². The quantitative estimate of drug-likeness (QED) is 0.820. The Labute approximate surface area is 106 Å². The van der Waals surface area contributed by atoms with Crippen molar-refractivity contribution in [1.29, 1.82) is 0 Å². The van der Waals surface area contributed by atoms with E-state index in [0.29, 0.717) is 30.1 Å². The smallest absolute Gasteiger partial charge is 0.267 e. The van der Waals surface area contributed by atoms with Crippen molar-refractivity contribution in [2.24, 2.45) is 0 Å². The summed E-state index contributed by atoms with van der Waals surface area (Å²) in [5.74, 6) is 0.529. The molecule has 0 saturated carbocycles. The standard InChI is InChI=1S/C13H16N2O3/c1-8(16)5-6-15-11-7-10(14)3-4-12(11)18-9(2)13(15)17/h3-4,7,9H,5-6,14H2,1-2H3. The number of carbonyl (C=O) groups excluding carboxylic acids is 2. The summed E-state index contributed by atoms with van der Waals surface area (Å²) >= 11 is 0. The molecular weight excluding hydrogens is 232 g/mol. The lowest BCUT2D eigenvalue weighted by molar-refractivity contribution is -0.125. The maximum atomic E-state index is 12.1. The zero-order valence-corrected chi connectivity index (χ0v) is 10.5. The van der Waals surface area contributed by atoms with E-state index in [2.05, 4.69) is 0 Å². The van der Waals surface area contributed by atoms with Crippen LogP contribution in [0.3, 0.4) is 0 Å². The van der Waals surface area contributed by atoms with Crippen LogP contribution in [0.25, 0.3) is 0 Å². The normalized spacial score (nSPS) is 18.2. The third-order valence-corrected chi connectivity index (χ3v) is 2.88. The maximum Gasteiger partial charge on any atom is 0.267 e. The molecule has 0 spiro atoms. The molecule has 0 fully saturated rings. The molecule has 2 N–H and O–H groups in total. The number of fused-ring (bicyclic) bond motifs is 1. The van der Waals surface area contributed by atoms with E-state index >= 15 is 0 Å². The van der Waals surface area contributed by atoms with Crippen LogP contribution in [0.2, 0.25) is 0 Å². The molecule has 1 aromatic carbocycles. The zero-order chi connectivity index (χ0) is 13.3. The molecule has 0 aromatic heterocycles. The Hall–Kier alpha value is -2.04. The Morgan fingerprint density at radius 3 is 2.89 bits per heavy atom. The Morgan fingerprint density at radius 2 is 2.22 bits per heavy atom. The fourth-order valence-electron chi connectivity index (χ4n) is 1.92. The lowest BCUT2D eigenvalue weighted by atomic mass is 10.1. The van der Waals surface area contributed by atoms with Crippen molar-refractivity contribution in [3.8, 4) is 5.75 Å². The van der Waals surface area contributed by atoms with E-state index in [-0.39, 0.29) is 11.7 Å². The summed E-state index contributed by atoms with van der Waals surface area (Å²) < 4.78 is 5.50. The van der Waals surface area contributed by atoms with Gasteiger partial charge in [0.2, 0.25) is 0 Å². The monoisotopic (exact) mass is 248 g/mol. The van der Waals surface area contributed by atoms with Gasteiger partial charge in [0.1, 0.15) is 11.5 Å². The lowest BCUT2D eigenvalue weighted by Crippen LogP contribution is -2.45. The van der Waals surface area contributed by atoms with Crippen LogP contribution in [0.4, 0.5) is 11.4 Å². The van der Waals surface area contributed by atoms with Crippen LogP contribution in [-0.4, -0.2) is 24.3 Å². The number of anilines is 2. The first-order valence-corrected chi connectivity index (χ1v) is 5.86. The number of benzene rings is 1. The van der Waals surface area contributed by atoms with Crippen LogP contribution in [0.15, 0.2) is 18.2 Å². The average molecular weight is 248 g/mol. The average Bonchev–Trinajstić information content (AvgIpc) is 2.30. The van der Waals surface area contributed by atoms with Gasteiger partial charge in [-0.15, -0.1) is 0 Å². The molecule has 0 saturated heterocycles. The highest BCUT2D eigenvalue weighted by Crippen LogP contribution is 2.35.